The average molecular weight is 596 g/mol. The molecule has 0 atom stereocenters. The molecule has 0 rings (SSSR count). The molecular formula is C7H9BrCl7IO3. The molecule has 0 aromatic heterocycles. The maximum Gasteiger partial charge on any atom is 0.318 e. The standard InChI is InChI=1S/C3Cl6O.C2H3ClO2.CH3Br.CH3I/c4-2(5,6)1(10)3(7,8)9;3-1-2(4)5;2*1-2/h;1H2,(H,4,5);2*1H3. The summed E-state index contributed by atoms with van der Waals surface area (Å²) >= 11 is 40.4. The Morgan fingerprint density at radius 1 is 1.00 bits per heavy atom. The molecule has 0 aliphatic carbocycles. The van der Waals surface area contributed by atoms with Crippen molar-refractivity contribution >= 4 is 131 Å². The van der Waals surface area contributed by atoms with E-state index in [2.05, 4.69) is 38.5 Å². The van der Waals surface area contributed by atoms with Crippen molar-refractivity contribution in [1.29, 1.82) is 0 Å². The molecule has 0 fully saturated rings. The minimum absolute atomic E-state index is 0.306. The van der Waals surface area contributed by atoms with Gasteiger partial charge in [0, 0.05) is 0 Å². The van der Waals surface area contributed by atoms with Crippen molar-refractivity contribution in [3.63, 3.8) is 0 Å². The zero-order valence-electron chi connectivity index (χ0n) is 9.37. The molecule has 0 saturated heterocycles. The van der Waals surface area contributed by atoms with Crippen LogP contribution in [0.15, 0.2) is 0 Å². The van der Waals surface area contributed by atoms with E-state index in [-0.39, 0.29) is 5.88 Å². The van der Waals surface area contributed by atoms with Gasteiger partial charge in [-0.15, -0.1) is 11.6 Å². The van der Waals surface area contributed by atoms with Crippen LogP contribution in [0, 0.1) is 0 Å². The second-order valence-electron chi connectivity index (χ2n) is 1.85. The average Bonchev–Trinajstić information content (AvgIpc) is 2.31. The number of carbonyl (C=O) groups is 2. The number of rotatable bonds is 1. The molecule has 0 heterocycles. The highest BCUT2D eigenvalue weighted by Gasteiger charge is 2.44. The molecule has 0 spiro atoms. The van der Waals surface area contributed by atoms with Gasteiger partial charge in [-0.2, -0.15) is 0 Å². The third kappa shape index (κ3) is 25.7. The topological polar surface area (TPSA) is 54.4 Å². The van der Waals surface area contributed by atoms with Gasteiger partial charge in [-0.3, -0.25) is 9.59 Å². The fourth-order valence-corrected chi connectivity index (χ4v) is 1.45. The maximum absolute atomic E-state index is 10.7. The summed E-state index contributed by atoms with van der Waals surface area (Å²) in [6.07, 6.45) is 0. The highest BCUT2D eigenvalue weighted by atomic mass is 127. The Balaban J connectivity index is -0.000000105. The van der Waals surface area contributed by atoms with Gasteiger partial charge in [0.05, 0.1) is 0 Å². The third-order valence-corrected chi connectivity index (χ3v) is 1.89. The normalized spacial score (nSPS) is 9.63. The Bertz CT molecular complexity index is 226. The van der Waals surface area contributed by atoms with Crippen molar-refractivity contribution in [2.24, 2.45) is 0 Å². The quantitative estimate of drug-likeness (QED) is 0.314. The fourth-order valence-electron chi connectivity index (χ4n) is 0.161. The molecular weight excluding hydrogens is 587 g/mol. The predicted octanol–water partition coefficient (Wildman–Crippen LogP) is 5.67. The molecule has 0 saturated carbocycles. The Hall–Kier alpha value is 2.38. The predicted molar refractivity (Wildman–Crippen MR) is 98.7 cm³/mol. The van der Waals surface area contributed by atoms with E-state index in [1.165, 1.54) is 0 Å². The van der Waals surface area contributed by atoms with Gasteiger partial charge in [-0.25, -0.2) is 0 Å². The number of carboxylic acids is 1. The molecule has 0 unspecified atom stereocenters. The van der Waals surface area contributed by atoms with Gasteiger partial charge in [0.25, 0.3) is 7.59 Å². The summed E-state index contributed by atoms with van der Waals surface area (Å²) in [5, 5.41) is 7.59. The number of ketones is 1. The second kappa shape index (κ2) is 16.7. The number of alkyl halides is 9. The molecule has 0 bridgehead atoms. The van der Waals surface area contributed by atoms with E-state index < -0.39 is 19.3 Å². The summed E-state index contributed by atoms with van der Waals surface area (Å²) in [5.41, 5.74) is 0. The van der Waals surface area contributed by atoms with Crippen LogP contribution in [0.3, 0.4) is 0 Å². The van der Waals surface area contributed by atoms with E-state index in [4.69, 9.17) is 86.3 Å². The van der Waals surface area contributed by atoms with Gasteiger partial charge in [0.15, 0.2) is 0 Å². The molecule has 0 radical (unpaired) electrons. The van der Waals surface area contributed by atoms with E-state index in [9.17, 15) is 9.59 Å². The van der Waals surface area contributed by atoms with Crippen LogP contribution in [0.5, 0.6) is 0 Å². The van der Waals surface area contributed by atoms with Crippen LogP contribution in [-0.2, 0) is 9.59 Å². The lowest BCUT2D eigenvalue weighted by Crippen LogP contribution is -2.31. The molecule has 0 aliphatic heterocycles. The Morgan fingerprint density at radius 3 is 1.16 bits per heavy atom. The smallest absolute Gasteiger partial charge is 0.318 e. The lowest BCUT2D eigenvalue weighted by atomic mass is 10.5. The zero-order chi connectivity index (χ0) is 16.9. The largest absolute Gasteiger partial charge is 0.480 e. The van der Waals surface area contributed by atoms with Crippen LogP contribution >= 0.6 is 120 Å². The summed E-state index contributed by atoms with van der Waals surface area (Å²) in [5.74, 6) is -0.561. The number of Topliss-reactive ketones (excluding diaryl/α,β-unsaturated/α-hetero) is 1. The molecule has 19 heavy (non-hydrogen) atoms. The minimum atomic E-state index is -2.18. The molecule has 0 aromatic carbocycles. The van der Waals surface area contributed by atoms with E-state index in [0.717, 1.165) is 0 Å². The van der Waals surface area contributed by atoms with Crippen molar-refractivity contribution in [2.45, 2.75) is 7.59 Å². The van der Waals surface area contributed by atoms with Crippen molar-refractivity contribution in [1.82, 2.24) is 0 Å². The Labute approximate surface area is 168 Å². The summed E-state index contributed by atoms with van der Waals surface area (Å²) < 4.78 is -4.35. The third-order valence-electron chi connectivity index (χ3n) is 0.629. The summed E-state index contributed by atoms with van der Waals surface area (Å²) in [6, 6.07) is 0. The van der Waals surface area contributed by atoms with Gasteiger partial charge >= 0.3 is 5.97 Å². The molecule has 12 heteroatoms. The van der Waals surface area contributed by atoms with Crippen molar-refractivity contribution < 1.29 is 14.7 Å². The van der Waals surface area contributed by atoms with E-state index in [1.807, 2.05) is 10.8 Å². The number of hydrogen-bond acceptors (Lipinski definition) is 2. The Kier molecular flexibility index (Phi) is 25.9. The number of carboxylic acid groups (broad SMARTS) is 1. The SMILES string of the molecule is CBr.CI.O=C(C(Cl)(Cl)Cl)C(Cl)(Cl)Cl.O=C(O)CCl. The lowest BCUT2D eigenvalue weighted by molar-refractivity contribution is -0.134. The number of hydrogen-bond donors (Lipinski definition) is 1. The monoisotopic (exact) mass is 592 g/mol. The van der Waals surface area contributed by atoms with Crippen molar-refractivity contribution in [3.8, 4) is 0 Å². The highest BCUT2D eigenvalue weighted by molar-refractivity contribution is 14.1. The highest BCUT2D eigenvalue weighted by Crippen LogP contribution is 2.39. The minimum Gasteiger partial charge on any atom is -0.480 e. The van der Waals surface area contributed by atoms with Crippen LogP contribution in [0.1, 0.15) is 0 Å². The maximum atomic E-state index is 10.7. The lowest BCUT2D eigenvalue weighted by Gasteiger charge is -2.14. The van der Waals surface area contributed by atoms with Crippen LogP contribution in [-0.4, -0.2) is 41.1 Å². The van der Waals surface area contributed by atoms with Gasteiger partial charge in [-0.05, 0) is 10.8 Å². The number of carbonyl (C=O) groups excluding carboxylic acids is 1. The van der Waals surface area contributed by atoms with Crippen molar-refractivity contribution in [2.75, 3.05) is 16.6 Å². The first-order valence-electron chi connectivity index (χ1n) is 3.64. The van der Waals surface area contributed by atoms with Gasteiger partial charge < -0.3 is 5.11 Å². The molecule has 0 aliphatic rings. The first kappa shape index (κ1) is 29.4. The van der Waals surface area contributed by atoms with Crippen molar-refractivity contribution in [3.05, 3.63) is 0 Å². The van der Waals surface area contributed by atoms with Crippen LogP contribution in [0.25, 0.3) is 0 Å². The van der Waals surface area contributed by atoms with Crippen LogP contribution in [0.2, 0.25) is 0 Å². The summed E-state index contributed by atoms with van der Waals surface area (Å²) in [6.45, 7) is 0. The second-order valence-corrected chi connectivity index (χ2v) is 6.68. The zero-order valence-corrected chi connectivity index (χ0v) is 18.4. The first-order valence-corrected chi connectivity index (χ1v) is 10.2. The Morgan fingerprint density at radius 2 is 1.16 bits per heavy atom. The number of aliphatic carboxylic acids is 1. The molecule has 3 nitrogen and oxygen atoms in total. The molecule has 0 aromatic rings. The van der Waals surface area contributed by atoms with Crippen LogP contribution in [0.4, 0.5) is 0 Å². The van der Waals surface area contributed by atoms with Gasteiger partial charge in [0.1, 0.15) is 5.88 Å². The van der Waals surface area contributed by atoms with Gasteiger partial charge in [0.2, 0.25) is 5.78 Å². The number of halogens is 9. The van der Waals surface area contributed by atoms with Gasteiger partial charge in [-0.1, -0.05) is 108 Å². The molecule has 1 N–H and O–H groups in total. The first-order chi connectivity index (χ1) is 8.42. The summed E-state index contributed by atoms with van der Waals surface area (Å²) in [7, 11) is 0. The van der Waals surface area contributed by atoms with E-state index >= 15 is 0 Å². The van der Waals surface area contributed by atoms with E-state index in [1.54, 1.807) is 0 Å². The molecule has 0 amide bonds. The fraction of sp³-hybridized carbons (Fsp3) is 0.714. The van der Waals surface area contributed by atoms with E-state index in [0.29, 0.717) is 0 Å². The summed E-state index contributed by atoms with van der Waals surface area (Å²) in [4.78, 5) is 21.9. The molecule has 118 valence electrons. The van der Waals surface area contributed by atoms with Crippen LogP contribution < -0.4 is 0 Å².